The largest absolute Gasteiger partial charge is 0.384 e. The fourth-order valence-corrected chi connectivity index (χ4v) is 3.90. The molecule has 1 aromatic carbocycles. The third kappa shape index (κ3) is 3.55. The van der Waals surface area contributed by atoms with E-state index in [9.17, 15) is 19.2 Å². The second-order valence-corrected chi connectivity index (χ2v) is 7.55. The highest BCUT2D eigenvalue weighted by Crippen LogP contribution is 2.30. The third-order valence-electron chi connectivity index (χ3n) is 5.29. The molecule has 1 atom stereocenters. The molecule has 1 aromatic heterocycles. The quantitative estimate of drug-likeness (QED) is 0.699. The molecule has 30 heavy (non-hydrogen) atoms. The first-order valence-electron chi connectivity index (χ1n) is 9.57. The Morgan fingerprint density at radius 1 is 1.13 bits per heavy atom. The van der Waals surface area contributed by atoms with E-state index in [-0.39, 0.29) is 18.4 Å². The van der Waals surface area contributed by atoms with Crippen molar-refractivity contribution in [1.82, 2.24) is 20.1 Å². The topological polar surface area (TPSA) is 126 Å². The number of fused-ring (bicyclic) bond motifs is 1. The Morgan fingerprint density at radius 3 is 2.63 bits per heavy atom. The average molecular weight is 407 g/mol. The van der Waals surface area contributed by atoms with Crippen molar-refractivity contribution >= 4 is 29.4 Å². The molecule has 0 saturated carbocycles. The Labute approximate surface area is 172 Å². The van der Waals surface area contributed by atoms with Gasteiger partial charge in [-0.2, -0.15) is 0 Å². The predicted octanol–water partition coefficient (Wildman–Crippen LogP) is 0.697. The number of nitrogen functional groups attached to an aromatic ring is 1. The van der Waals surface area contributed by atoms with Gasteiger partial charge >= 0.3 is 0 Å². The number of nitrogens with two attached hydrogens (primary N) is 1. The average Bonchev–Trinajstić information content (AvgIpc) is 2.95. The number of carbonyl (C=O) groups excluding carboxylic acids is 4. The summed E-state index contributed by atoms with van der Waals surface area (Å²) < 4.78 is 0. The molecule has 1 fully saturated rings. The van der Waals surface area contributed by atoms with Crippen molar-refractivity contribution in [2.24, 2.45) is 0 Å². The number of pyridine rings is 1. The van der Waals surface area contributed by atoms with Crippen LogP contribution >= 0.6 is 0 Å². The summed E-state index contributed by atoms with van der Waals surface area (Å²) in [6.07, 6.45) is 1.92. The summed E-state index contributed by atoms with van der Waals surface area (Å²) in [4.78, 5) is 56.7. The van der Waals surface area contributed by atoms with Crippen LogP contribution in [0.15, 0.2) is 36.5 Å². The maximum absolute atomic E-state index is 13.1. The van der Waals surface area contributed by atoms with Crippen molar-refractivity contribution in [1.29, 1.82) is 0 Å². The number of aromatic nitrogens is 1. The second kappa shape index (κ2) is 7.68. The van der Waals surface area contributed by atoms with Gasteiger partial charge in [0.25, 0.3) is 11.8 Å². The number of rotatable bonds is 5. The van der Waals surface area contributed by atoms with Crippen LogP contribution in [0.25, 0.3) is 0 Å². The number of nitrogens with zero attached hydrogens (tertiary/aromatic N) is 3. The monoisotopic (exact) mass is 407 g/mol. The Morgan fingerprint density at radius 2 is 1.93 bits per heavy atom. The predicted molar refractivity (Wildman–Crippen MR) is 107 cm³/mol. The van der Waals surface area contributed by atoms with E-state index >= 15 is 0 Å². The highest BCUT2D eigenvalue weighted by molar-refractivity contribution is 6.24. The third-order valence-corrected chi connectivity index (χ3v) is 5.29. The van der Waals surface area contributed by atoms with Crippen molar-refractivity contribution in [2.45, 2.75) is 32.0 Å². The molecule has 9 nitrogen and oxygen atoms in total. The minimum absolute atomic E-state index is 0.0923. The summed E-state index contributed by atoms with van der Waals surface area (Å²) in [5, 5.41) is 2.21. The fraction of sp³-hybridized carbons (Fsp3) is 0.286. The van der Waals surface area contributed by atoms with Crippen molar-refractivity contribution in [2.75, 3.05) is 12.8 Å². The van der Waals surface area contributed by atoms with Crippen LogP contribution in [-0.4, -0.2) is 51.5 Å². The lowest BCUT2D eigenvalue weighted by Gasteiger charge is -2.28. The number of hydrogen-bond acceptors (Lipinski definition) is 7. The fourth-order valence-electron chi connectivity index (χ4n) is 3.90. The molecule has 2 aromatic rings. The normalized spacial score (nSPS) is 18.7. The van der Waals surface area contributed by atoms with Gasteiger partial charge in [0, 0.05) is 25.7 Å². The highest BCUT2D eigenvalue weighted by Gasteiger charge is 2.45. The summed E-state index contributed by atoms with van der Waals surface area (Å²) in [5.41, 5.74) is 7.88. The highest BCUT2D eigenvalue weighted by atomic mass is 16.2. The van der Waals surface area contributed by atoms with E-state index in [0.29, 0.717) is 30.0 Å². The Hall–Kier alpha value is -3.59. The van der Waals surface area contributed by atoms with Gasteiger partial charge in [0.2, 0.25) is 11.8 Å². The first-order valence-corrected chi connectivity index (χ1v) is 9.57. The van der Waals surface area contributed by atoms with Crippen LogP contribution in [0, 0.1) is 0 Å². The summed E-state index contributed by atoms with van der Waals surface area (Å²) >= 11 is 0. The van der Waals surface area contributed by atoms with Gasteiger partial charge in [0.05, 0.1) is 11.1 Å². The van der Waals surface area contributed by atoms with Crippen LogP contribution in [0.1, 0.15) is 44.7 Å². The molecule has 0 spiro atoms. The van der Waals surface area contributed by atoms with Crippen LogP contribution in [-0.2, 0) is 22.7 Å². The summed E-state index contributed by atoms with van der Waals surface area (Å²) in [5.74, 6) is -1.57. The number of carbonyl (C=O) groups is 4. The van der Waals surface area contributed by atoms with E-state index in [1.54, 1.807) is 30.5 Å². The zero-order chi connectivity index (χ0) is 21.4. The number of piperidine rings is 1. The number of anilines is 1. The van der Waals surface area contributed by atoms with E-state index in [4.69, 9.17) is 5.73 Å². The van der Waals surface area contributed by atoms with Crippen molar-refractivity contribution in [3.8, 4) is 0 Å². The number of hydrogen-bond donors (Lipinski definition) is 2. The van der Waals surface area contributed by atoms with Crippen LogP contribution in [0.3, 0.4) is 0 Å². The second-order valence-electron chi connectivity index (χ2n) is 7.55. The lowest BCUT2D eigenvalue weighted by atomic mass is 10.0. The Bertz CT molecular complexity index is 1050. The molecule has 9 heteroatoms. The van der Waals surface area contributed by atoms with Gasteiger partial charge in [0.15, 0.2) is 0 Å². The van der Waals surface area contributed by atoms with Crippen molar-refractivity contribution < 1.29 is 19.2 Å². The van der Waals surface area contributed by atoms with E-state index in [1.165, 1.54) is 0 Å². The molecule has 3 N–H and O–H groups in total. The van der Waals surface area contributed by atoms with Crippen LogP contribution < -0.4 is 11.1 Å². The maximum atomic E-state index is 13.1. The van der Waals surface area contributed by atoms with Crippen molar-refractivity contribution in [3.63, 3.8) is 0 Å². The zero-order valence-electron chi connectivity index (χ0n) is 16.4. The van der Waals surface area contributed by atoms with Gasteiger partial charge < -0.3 is 5.73 Å². The zero-order valence-corrected chi connectivity index (χ0v) is 16.4. The molecule has 0 aliphatic carbocycles. The van der Waals surface area contributed by atoms with Crippen LogP contribution in [0.2, 0.25) is 0 Å². The molecule has 4 amide bonds. The lowest BCUT2D eigenvalue weighted by molar-refractivity contribution is -0.136. The van der Waals surface area contributed by atoms with E-state index in [2.05, 4.69) is 10.3 Å². The molecule has 1 unspecified atom stereocenters. The minimum atomic E-state index is -0.971. The maximum Gasteiger partial charge on any atom is 0.262 e. The van der Waals surface area contributed by atoms with Gasteiger partial charge in [0.1, 0.15) is 11.9 Å². The first kappa shape index (κ1) is 19.7. The minimum Gasteiger partial charge on any atom is -0.384 e. The molecular formula is C21H21N5O4. The van der Waals surface area contributed by atoms with Gasteiger partial charge in [-0.05, 0) is 36.7 Å². The van der Waals surface area contributed by atoms with Crippen LogP contribution in [0.4, 0.5) is 5.82 Å². The molecule has 1 saturated heterocycles. The molecule has 3 heterocycles. The van der Waals surface area contributed by atoms with E-state index < -0.39 is 29.7 Å². The first-order chi connectivity index (χ1) is 14.3. The smallest absolute Gasteiger partial charge is 0.262 e. The molecule has 0 bridgehead atoms. The molecular weight excluding hydrogens is 386 g/mol. The summed E-state index contributed by atoms with van der Waals surface area (Å²) in [6.45, 7) is 1.01. The van der Waals surface area contributed by atoms with E-state index in [1.807, 2.05) is 18.0 Å². The van der Waals surface area contributed by atoms with Crippen LogP contribution in [0.5, 0.6) is 0 Å². The van der Waals surface area contributed by atoms with Gasteiger partial charge in [-0.25, -0.2) is 4.98 Å². The number of amides is 4. The van der Waals surface area contributed by atoms with Gasteiger partial charge in [-0.3, -0.25) is 34.3 Å². The molecule has 154 valence electrons. The SMILES string of the molecule is CN(Cc1ccc(N)nc1)Cc1cccc2c1C(=O)N(C1CCC(=O)NC1=O)C2=O. The standard InChI is InChI=1S/C21H21N5O4/c1-25(10-12-5-7-16(22)23-9-12)11-13-3-2-4-14-18(13)21(30)26(20(14)29)15-6-8-17(27)24-19(15)28/h2-5,7,9,15H,6,8,10-11H2,1H3,(H2,22,23)(H,24,27,28). The van der Waals surface area contributed by atoms with E-state index in [0.717, 1.165) is 10.5 Å². The Balaban J connectivity index is 1.56. The summed E-state index contributed by atoms with van der Waals surface area (Å²) in [6, 6.07) is 7.76. The number of benzene rings is 1. The molecule has 2 aliphatic heterocycles. The van der Waals surface area contributed by atoms with Gasteiger partial charge in [-0.1, -0.05) is 18.2 Å². The van der Waals surface area contributed by atoms with Gasteiger partial charge in [-0.15, -0.1) is 0 Å². The van der Waals surface area contributed by atoms with Crippen molar-refractivity contribution in [3.05, 3.63) is 58.8 Å². The number of nitrogens with one attached hydrogen (secondary N) is 1. The summed E-state index contributed by atoms with van der Waals surface area (Å²) in [7, 11) is 1.90. The molecule has 4 rings (SSSR count). The lowest BCUT2D eigenvalue weighted by Crippen LogP contribution is -2.54. The molecule has 0 radical (unpaired) electrons. The number of imide groups is 2. The Kier molecular flexibility index (Phi) is 5.04. The molecule has 2 aliphatic rings.